The van der Waals surface area contributed by atoms with Crippen LogP contribution in [-0.2, 0) is 10.0 Å². The average Bonchev–Trinajstić information content (AvgIpc) is 2.41. The number of nitrogens with one attached hydrogen (secondary N) is 1. The van der Waals surface area contributed by atoms with Crippen molar-refractivity contribution in [3.05, 3.63) is 53.1 Å². The van der Waals surface area contributed by atoms with Gasteiger partial charge in [-0.1, -0.05) is 23.7 Å². The highest BCUT2D eigenvalue weighted by molar-refractivity contribution is 7.92. The summed E-state index contributed by atoms with van der Waals surface area (Å²) in [7, 11) is -4.13. The smallest absolute Gasteiger partial charge is 0.337 e. The molecule has 4 N–H and O–H groups in total. The summed E-state index contributed by atoms with van der Waals surface area (Å²) in [5.74, 6) is -1.37. The Morgan fingerprint density at radius 2 is 1.86 bits per heavy atom. The normalized spacial score (nSPS) is 11.1. The minimum absolute atomic E-state index is 0.138. The largest absolute Gasteiger partial charge is 0.478 e. The first kappa shape index (κ1) is 15.1. The van der Waals surface area contributed by atoms with Crippen LogP contribution in [0.3, 0.4) is 0 Å². The first-order valence-corrected chi connectivity index (χ1v) is 7.57. The molecule has 0 bridgehead atoms. The second-order valence-electron chi connectivity index (χ2n) is 4.15. The molecule has 0 aliphatic rings. The third-order valence-electron chi connectivity index (χ3n) is 2.64. The van der Waals surface area contributed by atoms with Crippen LogP contribution in [0.25, 0.3) is 0 Å². The number of rotatable bonds is 4. The van der Waals surface area contributed by atoms with E-state index in [0.29, 0.717) is 0 Å². The van der Waals surface area contributed by atoms with E-state index in [4.69, 9.17) is 22.4 Å². The van der Waals surface area contributed by atoms with E-state index in [2.05, 4.69) is 4.72 Å². The summed E-state index contributed by atoms with van der Waals surface area (Å²) in [6.07, 6.45) is 0. The minimum atomic E-state index is -4.13. The van der Waals surface area contributed by atoms with Crippen molar-refractivity contribution in [3.8, 4) is 0 Å². The molecule has 0 amide bonds. The van der Waals surface area contributed by atoms with Crippen LogP contribution in [0, 0.1) is 0 Å². The van der Waals surface area contributed by atoms with E-state index in [1.807, 2.05) is 0 Å². The zero-order chi connectivity index (χ0) is 15.6. The van der Waals surface area contributed by atoms with Crippen LogP contribution < -0.4 is 10.5 Å². The molecule has 0 unspecified atom stereocenters. The molecule has 0 heterocycles. The zero-order valence-electron chi connectivity index (χ0n) is 10.6. The highest BCUT2D eigenvalue weighted by Gasteiger charge is 2.23. The van der Waals surface area contributed by atoms with E-state index in [9.17, 15) is 13.2 Å². The summed E-state index contributed by atoms with van der Waals surface area (Å²) < 4.78 is 26.9. The van der Waals surface area contributed by atoms with Gasteiger partial charge in [0.1, 0.15) is 4.90 Å². The molecule has 2 aromatic rings. The number of nitrogen functional groups attached to an aromatic ring is 1. The molecular weight excluding hydrogens is 316 g/mol. The Morgan fingerprint density at radius 1 is 1.19 bits per heavy atom. The van der Waals surface area contributed by atoms with Crippen molar-refractivity contribution in [2.24, 2.45) is 0 Å². The molecule has 2 aromatic carbocycles. The van der Waals surface area contributed by atoms with Gasteiger partial charge < -0.3 is 10.8 Å². The predicted octanol–water partition coefficient (Wildman–Crippen LogP) is 2.42. The Morgan fingerprint density at radius 3 is 2.48 bits per heavy atom. The molecule has 0 atom stereocenters. The highest BCUT2D eigenvalue weighted by atomic mass is 35.5. The third kappa shape index (κ3) is 3.26. The number of sulfonamides is 1. The number of benzene rings is 2. The number of aromatic carboxylic acids is 1. The molecule has 0 aromatic heterocycles. The number of halogens is 1. The van der Waals surface area contributed by atoms with Crippen LogP contribution in [0.4, 0.5) is 11.4 Å². The Kier molecular flexibility index (Phi) is 4.06. The molecule has 110 valence electrons. The fraction of sp³-hybridized carbons (Fsp3) is 0. The van der Waals surface area contributed by atoms with E-state index in [1.165, 1.54) is 18.2 Å². The number of para-hydroxylation sites is 1. The lowest BCUT2D eigenvalue weighted by atomic mass is 10.2. The lowest BCUT2D eigenvalue weighted by Crippen LogP contribution is -2.17. The zero-order valence-corrected chi connectivity index (χ0v) is 12.1. The second kappa shape index (κ2) is 5.63. The summed E-state index contributed by atoms with van der Waals surface area (Å²) >= 11 is 5.88. The van der Waals surface area contributed by atoms with Crippen LogP contribution in [-0.4, -0.2) is 19.5 Å². The van der Waals surface area contributed by atoms with Crippen molar-refractivity contribution >= 4 is 39.0 Å². The maximum atomic E-state index is 12.3. The molecule has 8 heteroatoms. The Bertz CT molecular complexity index is 806. The van der Waals surface area contributed by atoms with Gasteiger partial charge in [-0.15, -0.1) is 0 Å². The molecule has 0 aliphatic carbocycles. The molecule has 2 rings (SSSR count). The van der Waals surface area contributed by atoms with Crippen LogP contribution in [0.1, 0.15) is 10.4 Å². The van der Waals surface area contributed by atoms with Crippen molar-refractivity contribution < 1.29 is 18.3 Å². The lowest BCUT2D eigenvalue weighted by Gasteiger charge is -2.12. The first-order valence-electron chi connectivity index (χ1n) is 5.71. The fourth-order valence-corrected chi connectivity index (χ4v) is 3.23. The van der Waals surface area contributed by atoms with Crippen LogP contribution >= 0.6 is 11.6 Å². The number of carboxylic acids is 1. The fourth-order valence-electron chi connectivity index (χ4n) is 1.68. The maximum Gasteiger partial charge on any atom is 0.337 e. The molecule has 6 nitrogen and oxygen atoms in total. The second-order valence-corrected chi connectivity index (χ2v) is 6.20. The third-order valence-corrected chi connectivity index (χ3v) is 4.38. The predicted molar refractivity (Wildman–Crippen MR) is 80.1 cm³/mol. The van der Waals surface area contributed by atoms with Gasteiger partial charge in [-0.25, -0.2) is 13.2 Å². The molecule has 0 fully saturated rings. The van der Waals surface area contributed by atoms with Gasteiger partial charge in [-0.05, 0) is 30.3 Å². The molecule has 0 aliphatic heterocycles. The van der Waals surface area contributed by atoms with Crippen molar-refractivity contribution in [1.29, 1.82) is 0 Å². The summed E-state index contributed by atoms with van der Waals surface area (Å²) in [4.78, 5) is 10.7. The number of carboxylic acid groups (broad SMARTS) is 1. The van der Waals surface area contributed by atoms with Crippen molar-refractivity contribution in [2.45, 2.75) is 4.90 Å². The van der Waals surface area contributed by atoms with Gasteiger partial charge in [-0.3, -0.25) is 4.72 Å². The summed E-state index contributed by atoms with van der Waals surface area (Å²) in [5.41, 5.74) is 5.45. The van der Waals surface area contributed by atoms with Crippen LogP contribution in [0.5, 0.6) is 0 Å². The molecule has 0 saturated heterocycles. The topological polar surface area (TPSA) is 109 Å². The van der Waals surface area contributed by atoms with Crippen LogP contribution in [0.2, 0.25) is 5.02 Å². The lowest BCUT2D eigenvalue weighted by molar-refractivity contribution is 0.0692. The average molecular weight is 327 g/mol. The Balaban J connectivity index is 2.52. The molecule has 21 heavy (non-hydrogen) atoms. The van der Waals surface area contributed by atoms with Crippen molar-refractivity contribution in [3.63, 3.8) is 0 Å². The maximum absolute atomic E-state index is 12.3. The van der Waals surface area contributed by atoms with Gasteiger partial charge in [-0.2, -0.15) is 0 Å². The van der Waals surface area contributed by atoms with Gasteiger partial charge in [0.2, 0.25) is 0 Å². The van der Waals surface area contributed by atoms with E-state index in [1.54, 1.807) is 12.1 Å². The van der Waals surface area contributed by atoms with E-state index < -0.39 is 20.9 Å². The standard InChI is InChI=1S/C13H11ClN2O4S/c14-10-3-1-2-4-11(10)16-21(19,20)12-7-8(15)5-6-9(12)13(17)18/h1-7,16H,15H2,(H,17,18). The summed E-state index contributed by atoms with van der Waals surface area (Å²) in [6, 6.07) is 9.76. The van der Waals surface area contributed by atoms with Gasteiger partial charge in [0, 0.05) is 5.69 Å². The molecule has 0 radical (unpaired) electrons. The SMILES string of the molecule is Nc1ccc(C(=O)O)c(S(=O)(=O)Nc2ccccc2Cl)c1. The van der Waals surface area contributed by atoms with E-state index >= 15 is 0 Å². The number of anilines is 2. The number of hydrogen-bond acceptors (Lipinski definition) is 4. The highest BCUT2D eigenvalue weighted by Crippen LogP contribution is 2.26. The van der Waals surface area contributed by atoms with Gasteiger partial charge >= 0.3 is 5.97 Å². The number of hydrogen-bond donors (Lipinski definition) is 3. The minimum Gasteiger partial charge on any atom is -0.478 e. The van der Waals surface area contributed by atoms with Gasteiger partial charge in [0.25, 0.3) is 10.0 Å². The molecule has 0 saturated carbocycles. The first-order chi connectivity index (χ1) is 9.81. The summed E-state index contributed by atoms with van der Waals surface area (Å²) in [6.45, 7) is 0. The van der Waals surface area contributed by atoms with E-state index in [0.717, 1.165) is 12.1 Å². The van der Waals surface area contributed by atoms with Gasteiger partial charge in [0.05, 0.1) is 16.3 Å². The monoisotopic (exact) mass is 326 g/mol. The number of nitrogens with two attached hydrogens (primary N) is 1. The number of carbonyl (C=O) groups is 1. The van der Waals surface area contributed by atoms with Crippen molar-refractivity contribution in [2.75, 3.05) is 10.5 Å². The Hall–Kier alpha value is -2.25. The van der Waals surface area contributed by atoms with Crippen molar-refractivity contribution in [1.82, 2.24) is 0 Å². The van der Waals surface area contributed by atoms with E-state index in [-0.39, 0.29) is 22.0 Å². The molecular formula is C13H11ClN2O4S. The summed E-state index contributed by atoms with van der Waals surface area (Å²) in [5, 5.41) is 9.28. The van der Waals surface area contributed by atoms with Crippen LogP contribution in [0.15, 0.2) is 47.4 Å². The van der Waals surface area contributed by atoms with Gasteiger partial charge in [0.15, 0.2) is 0 Å². The quantitative estimate of drug-likeness (QED) is 0.747. The Labute approximate surface area is 126 Å². The molecule has 0 spiro atoms.